The van der Waals surface area contributed by atoms with E-state index in [1.165, 1.54) is 31.2 Å². The van der Waals surface area contributed by atoms with Gasteiger partial charge in [0.1, 0.15) is 0 Å². The Morgan fingerprint density at radius 1 is 0.913 bits per heavy atom. The molecule has 0 aliphatic carbocycles. The number of fused-ring (bicyclic) bond motifs is 1. The standard InChI is InChI=1S/C20H15IN2/c1-23-13-18(17-12-16(21)7-8-20(17)23)19-11-15(9-10-22-19)14-5-3-2-4-6-14/h2-13H,1H3. The summed E-state index contributed by atoms with van der Waals surface area (Å²) >= 11 is 2.36. The van der Waals surface area contributed by atoms with Crippen molar-refractivity contribution in [1.29, 1.82) is 0 Å². The van der Waals surface area contributed by atoms with Crippen molar-refractivity contribution >= 4 is 33.5 Å². The van der Waals surface area contributed by atoms with Gasteiger partial charge in [-0.3, -0.25) is 4.98 Å². The molecular weight excluding hydrogens is 395 g/mol. The van der Waals surface area contributed by atoms with E-state index in [9.17, 15) is 0 Å². The molecule has 0 radical (unpaired) electrons. The number of hydrogen-bond acceptors (Lipinski definition) is 1. The average Bonchev–Trinajstić information content (AvgIpc) is 2.92. The minimum Gasteiger partial charge on any atom is -0.350 e. The van der Waals surface area contributed by atoms with Crippen molar-refractivity contribution in [2.24, 2.45) is 7.05 Å². The van der Waals surface area contributed by atoms with Crippen molar-refractivity contribution in [3.8, 4) is 22.4 Å². The highest BCUT2D eigenvalue weighted by Crippen LogP contribution is 2.32. The summed E-state index contributed by atoms with van der Waals surface area (Å²) < 4.78 is 3.40. The fourth-order valence-electron chi connectivity index (χ4n) is 2.96. The first-order chi connectivity index (χ1) is 11.2. The van der Waals surface area contributed by atoms with Crippen LogP contribution in [0.15, 0.2) is 73.1 Å². The summed E-state index contributed by atoms with van der Waals surface area (Å²) in [5.74, 6) is 0. The highest BCUT2D eigenvalue weighted by atomic mass is 127. The molecule has 0 atom stereocenters. The zero-order valence-corrected chi connectivity index (χ0v) is 14.9. The maximum absolute atomic E-state index is 4.61. The molecule has 2 nitrogen and oxygen atoms in total. The van der Waals surface area contributed by atoms with Crippen molar-refractivity contribution in [2.45, 2.75) is 0 Å². The first-order valence-electron chi connectivity index (χ1n) is 7.49. The molecule has 23 heavy (non-hydrogen) atoms. The second kappa shape index (κ2) is 5.81. The van der Waals surface area contributed by atoms with Crippen LogP contribution in [0.2, 0.25) is 0 Å². The quantitative estimate of drug-likeness (QED) is 0.399. The minimum atomic E-state index is 1.01. The van der Waals surface area contributed by atoms with Crippen LogP contribution in [0, 0.1) is 3.57 Å². The van der Waals surface area contributed by atoms with Gasteiger partial charge in [-0.2, -0.15) is 0 Å². The lowest BCUT2D eigenvalue weighted by Crippen LogP contribution is -1.85. The Kier molecular flexibility index (Phi) is 3.65. The van der Waals surface area contributed by atoms with Gasteiger partial charge in [-0.15, -0.1) is 0 Å². The van der Waals surface area contributed by atoms with Crippen molar-refractivity contribution in [3.63, 3.8) is 0 Å². The van der Waals surface area contributed by atoms with Gasteiger partial charge in [0, 0.05) is 39.5 Å². The van der Waals surface area contributed by atoms with E-state index in [0.29, 0.717) is 0 Å². The molecule has 0 amide bonds. The Labute approximate surface area is 148 Å². The number of rotatable bonds is 2. The normalized spacial score (nSPS) is 11.0. The van der Waals surface area contributed by atoms with E-state index in [-0.39, 0.29) is 0 Å². The van der Waals surface area contributed by atoms with E-state index in [1.807, 2.05) is 12.3 Å². The number of aryl methyl sites for hydroxylation is 1. The summed E-state index contributed by atoms with van der Waals surface area (Å²) in [4.78, 5) is 4.61. The molecular formula is C20H15IN2. The van der Waals surface area contributed by atoms with E-state index >= 15 is 0 Å². The molecule has 0 unspecified atom stereocenters. The summed E-state index contributed by atoms with van der Waals surface area (Å²) in [6.07, 6.45) is 4.06. The molecule has 4 aromatic rings. The second-order valence-electron chi connectivity index (χ2n) is 5.61. The van der Waals surface area contributed by atoms with Gasteiger partial charge in [-0.05, 0) is 64.0 Å². The van der Waals surface area contributed by atoms with Gasteiger partial charge < -0.3 is 4.57 Å². The third kappa shape index (κ3) is 2.65. The summed E-state index contributed by atoms with van der Waals surface area (Å²) in [6.45, 7) is 0. The van der Waals surface area contributed by atoms with Crippen molar-refractivity contribution in [2.75, 3.05) is 0 Å². The minimum absolute atomic E-state index is 1.01. The molecule has 112 valence electrons. The SMILES string of the molecule is Cn1cc(-c2cc(-c3ccccc3)ccn2)c2cc(I)ccc21. The zero-order chi connectivity index (χ0) is 15.8. The molecule has 0 aliphatic heterocycles. The molecule has 2 aromatic carbocycles. The highest BCUT2D eigenvalue weighted by molar-refractivity contribution is 14.1. The molecule has 0 N–H and O–H groups in total. The van der Waals surface area contributed by atoms with Gasteiger partial charge >= 0.3 is 0 Å². The van der Waals surface area contributed by atoms with Crippen LogP contribution in [0.3, 0.4) is 0 Å². The average molecular weight is 410 g/mol. The summed E-state index contributed by atoms with van der Waals surface area (Å²) in [6, 6.07) is 21.2. The number of pyridine rings is 1. The summed E-state index contributed by atoms with van der Waals surface area (Å²) in [7, 11) is 2.08. The number of aromatic nitrogens is 2. The van der Waals surface area contributed by atoms with E-state index in [1.54, 1.807) is 0 Å². The fourth-order valence-corrected chi connectivity index (χ4v) is 3.45. The van der Waals surface area contributed by atoms with Crippen LogP contribution in [0.25, 0.3) is 33.3 Å². The smallest absolute Gasteiger partial charge is 0.0729 e. The molecule has 2 aromatic heterocycles. The summed E-state index contributed by atoms with van der Waals surface area (Å²) in [5.41, 5.74) is 5.83. The van der Waals surface area contributed by atoms with Crippen LogP contribution in [-0.2, 0) is 7.05 Å². The Balaban J connectivity index is 1.90. The number of halogens is 1. The molecule has 0 bridgehead atoms. The monoisotopic (exact) mass is 410 g/mol. The third-order valence-corrected chi connectivity index (χ3v) is 4.77. The lowest BCUT2D eigenvalue weighted by Gasteiger charge is -2.04. The first-order valence-corrected chi connectivity index (χ1v) is 8.57. The van der Waals surface area contributed by atoms with Crippen LogP contribution in [0.1, 0.15) is 0 Å². The maximum atomic E-state index is 4.61. The van der Waals surface area contributed by atoms with Crippen molar-refractivity contribution < 1.29 is 0 Å². The van der Waals surface area contributed by atoms with E-state index < -0.39 is 0 Å². The van der Waals surface area contributed by atoms with Crippen LogP contribution in [0.4, 0.5) is 0 Å². The van der Waals surface area contributed by atoms with Gasteiger partial charge in [0.2, 0.25) is 0 Å². The predicted molar refractivity (Wildman–Crippen MR) is 104 cm³/mol. The molecule has 0 spiro atoms. The topological polar surface area (TPSA) is 17.8 Å². The van der Waals surface area contributed by atoms with E-state index in [0.717, 1.165) is 5.69 Å². The second-order valence-corrected chi connectivity index (χ2v) is 6.86. The van der Waals surface area contributed by atoms with Crippen LogP contribution in [-0.4, -0.2) is 9.55 Å². The van der Waals surface area contributed by atoms with Gasteiger partial charge in [0.15, 0.2) is 0 Å². The fraction of sp³-hybridized carbons (Fsp3) is 0.0500. The first kappa shape index (κ1) is 14.5. The van der Waals surface area contributed by atoms with Gasteiger partial charge in [0.05, 0.1) is 5.69 Å². The lowest BCUT2D eigenvalue weighted by atomic mass is 10.0. The van der Waals surface area contributed by atoms with E-state index in [2.05, 4.69) is 100.0 Å². The number of benzene rings is 2. The van der Waals surface area contributed by atoms with Crippen LogP contribution in [0.5, 0.6) is 0 Å². The van der Waals surface area contributed by atoms with Gasteiger partial charge in [0.25, 0.3) is 0 Å². The predicted octanol–water partition coefficient (Wildman–Crippen LogP) is 5.51. The van der Waals surface area contributed by atoms with E-state index in [4.69, 9.17) is 0 Å². The molecule has 3 heteroatoms. The molecule has 0 fully saturated rings. The third-order valence-electron chi connectivity index (χ3n) is 4.09. The highest BCUT2D eigenvalue weighted by Gasteiger charge is 2.11. The number of hydrogen-bond donors (Lipinski definition) is 0. The van der Waals surface area contributed by atoms with Gasteiger partial charge in [-0.1, -0.05) is 30.3 Å². The van der Waals surface area contributed by atoms with Crippen molar-refractivity contribution in [3.05, 3.63) is 76.6 Å². The largest absolute Gasteiger partial charge is 0.350 e. The van der Waals surface area contributed by atoms with Gasteiger partial charge in [-0.25, -0.2) is 0 Å². The van der Waals surface area contributed by atoms with Crippen LogP contribution < -0.4 is 0 Å². The summed E-state index contributed by atoms with van der Waals surface area (Å²) in [5, 5.41) is 1.25. The molecule has 2 heterocycles. The molecule has 0 saturated heterocycles. The Bertz CT molecular complexity index is 987. The lowest BCUT2D eigenvalue weighted by molar-refractivity contribution is 0.969. The maximum Gasteiger partial charge on any atom is 0.0729 e. The molecule has 4 rings (SSSR count). The molecule has 0 aliphatic rings. The Morgan fingerprint density at radius 3 is 2.57 bits per heavy atom. The van der Waals surface area contributed by atoms with Crippen LogP contribution >= 0.6 is 22.6 Å². The molecule has 0 saturated carbocycles. The van der Waals surface area contributed by atoms with Crippen molar-refractivity contribution in [1.82, 2.24) is 9.55 Å². The Morgan fingerprint density at radius 2 is 1.74 bits per heavy atom. The Hall–Kier alpha value is -2.14. The number of nitrogens with zero attached hydrogens (tertiary/aromatic N) is 2. The zero-order valence-electron chi connectivity index (χ0n) is 12.7.